The number of alkyl halides is 3. The Labute approximate surface area is 215 Å². The molecule has 0 spiro atoms. The van der Waals surface area contributed by atoms with Gasteiger partial charge in [-0.2, -0.15) is 18.3 Å². The van der Waals surface area contributed by atoms with Gasteiger partial charge in [-0.15, -0.1) is 0 Å². The largest absolute Gasteiger partial charge is 0.480 e. The topological polar surface area (TPSA) is 128 Å². The fourth-order valence-electron chi connectivity index (χ4n) is 3.96. The van der Waals surface area contributed by atoms with Gasteiger partial charge in [0.2, 0.25) is 5.88 Å². The lowest BCUT2D eigenvalue weighted by molar-refractivity contribution is -0.549. The normalized spacial score (nSPS) is 14.1. The lowest BCUT2D eigenvalue weighted by Gasteiger charge is -2.11. The third-order valence-corrected chi connectivity index (χ3v) is 6.05. The fourth-order valence-corrected chi connectivity index (χ4v) is 3.96. The van der Waals surface area contributed by atoms with E-state index in [1.807, 2.05) is 12.1 Å². The molecule has 1 aliphatic rings. The lowest BCUT2D eigenvalue weighted by atomic mass is 10.1. The van der Waals surface area contributed by atoms with Crippen LogP contribution >= 0.6 is 0 Å². The summed E-state index contributed by atoms with van der Waals surface area (Å²) in [6, 6.07) is 7.17. The van der Waals surface area contributed by atoms with Crippen LogP contribution in [0.2, 0.25) is 0 Å². The Morgan fingerprint density at radius 1 is 1.13 bits per heavy atom. The molecule has 13 heteroatoms. The van der Waals surface area contributed by atoms with Gasteiger partial charge in [-0.05, 0) is 30.5 Å². The van der Waals surface area contributed by atoms with Gasteiger partial charge in [-0.1, -0.05) is 12.1 Å². The molecule has 1 aliphatic carbocycles. The van der Waals surface area contributed by atoms with E-state index in [0.717, 1.165) is 29.5 Å². The fraction of sp³-hybridized carbons (Fsp3) is 0.280. The molecular weight excluding hydrogens is 501 g/mol. The van der Waals surface area contributed by atoms with E-state index in [2.05, 4.69) is 20.1 Å². The minimum absolute atomic E-state index is 0.0757. The number of nitrogens with zero attached hydrogens (tertiary/aromatic N) is 6. The number of benzene rings is 1. The first-order valence-electron chi connectivity index (χ1n) is 11.7. The molecule has 4 aromatic rings. The number of allylic oxidation sites excluding steroid dienone is 1. The monoisotopic (exact) mass is 525 g/mol. The molecule has 1 aromatic carbocycles. The van der Waals surface area contributed by atoms with E-state index in [9.17, 15) is 13.2 Å². The molecule has 0 aliphatic heterocycles. The van der Waals surface area contributed by atoms with Crippen LogP contribution in [0.25, 0.3) is 22.4 Å². The maximum atomic E-state index is 12.7. The number of nitrogens with two attached hydrogens (primary N) is 1. The second-order valence-corrected chi connectivity index (χ2v) is 8.74. The summed E-state index contributed by atoms with van der Waals surface area (Å²) in [5.74, 6) is 1.16. The number of hydrogen-bond acceptors (Lipinski definition) is 8. The van der Waals surface area contributed by atoms with Crippen LogP contribution < -0.4 is 10.1 Å². The average molecular weight is 526 g/mol. The SMILES string of the molecule is CO/C(=C/C(=N)C(F)(F)F)[NH2+]c1ccc(Cn2ncc3cnc(-c4c(OC)ncnc4C4CC4)nc32)cc1. The Balaban J connectivity index is 1.38. The minimum atomic E-state index is -4.74. The van der Waals surface area contributed by atoms with Gasteiger partial charge < -0.3 is 9.47 Å². The van der Waals surface area contributed by atoms with Gasteiger partial charge >= 0.3 is 6.18 Å². The lowest BCUT2D eigenvalue weighted by Crippen LogP contribution is -2.76. The molecule has 1 fully saturated rings. The van der Waals surface area contributed by atoms with Gasteiger partial charge in [0, 0.05) is 12.1 Å². The highest BCUT2D eigenvalue weighted by Gasteiger charge is 2.34. The molecule has 0 amide bonds. The van der Waals surface area contributed by atoms with Crippen molar-refractivity contribution in [3.8, 4) is 17.3 Å². The molecule has 0 atom stereocenters. The molecule has 0 unspecified atom stereocenters. The number of quaternary nitrogens is 1. The van der Waals surface area contributed by atoms with E-state index in [1.54, 1.807) is 36.3 Å². The van der Waals surface area contributed by atoms with Crippen LogP contribution in [0, 0.1) is 5.41 Å². The highest BCUT2D eigenvalue weighted by atomic mass is 19.4. The molecule has 3 heterocycles. The second kappa shape index (κ2) is 10.2. The zero-order chi connectivity index (χ0) is 26.9. The van der Waals surface area contributed by atoms with Crippen LogP contribution in [-0.2, 0) is 11.3 Å². The van der Waals surface area contributed by atoms with E-state index in [0.29, 0.717) is 47.1 Å². The standard InChI is InChI=1S/C25H23F3N8O2/c1-37-19(9-18(29)25(26,27)28)34-17-7-3-14(4-8-17)12-36-23-16(11-33-36)10-30-22(35-23)20-21(15-5-6-15)31-13-32-24(20)38-2/h3-4,7-11,13,15,29,34H,5-6,12H2,1-2H3/p+1/b19-9+,29-18?. The van der Waals surface area contributed by atoms with Gasteiger partial charge in [0.1, 0.15) is 23.3 Å². The number of halogens is 3. The Bertz CT molecular complexity index is 1510. The number of ether oxygens (including phenoxy) is 2. The maximum absolute atomic E-state index is 12.7. The highest BCUT2D eigenvalue weighted by molar-refractivity contribution is 5.96. The minimum Gasteiger partial charge on any atom is -0.480 e. The maximum Gasteiger partial charge on any atom is 0.433 e. The Hall–Kier alpha value is -4.39. The molecule has 0 radical (unpaired) electrons. The molecule has 3 N–H and O–H groups in total. The van der Waals surface area contributed by atoms with Crippen molar-refractivity contribution >= 4 is 22.4 Å². The van der Waals surface area contributed by atoms with Gasteiger partial charge in [-0.25, -0.2) is 24.6 Å². The Morgan fingerprint density at radius 2 is 1.89 bits per heavy atom. The van der Waals surface area contributed by atoms with Crippen LogP contribution in [0.15, 0.2) is 54.9 Å². The molecule has 1 saturated carbocycles. The number of hydrogen-bond donors (Lipinski definition) is 2. The summed E-state index contributed by atoms with van der Waals surface area (Å²) < 4.78 is 50.3. The number of rotatable bonds is 9. The Morgan fingerprint density at radius 3 is 2.55 bits per heavy atom. The smallest absolute Gasteiger partial charge is 0.433 e. The first kappa shape index (κ1) is 25.3. The first-order chi connectivity index (χ1) is 18.3. The summed E-state index contributed by atoms with van der Waals surface area (Å²) in [6.07, 6.45) is 2.89. The third-order valence-electron chi connectivity index (χ3n) is 6.05. The molecule has 38 heavy (non-hydrogen) atoms. The van der Waals surface area contributed by atoms with Crippen molar-refractivity contribution in [1.82, 2.24) is 29.7 Å². The van der Waals surface area contributed by atoms with Crippen LogP contribution in [0.4, 0.5) is 18.9 Å². The van der Waals surface area contributed by atoms with Crippen LogP contribution in [0.3, 0.4) is 0 Å². The number of fused-ring (bicyclic) bond motifs is 1. The number of methoxy groups -OCH3 is 2. The summed E-state index contributed by atoms with van der Waals surface area (Å²) in [4.78, 5) is 18.0. The molecule has 5 rings (SSSR count). The molecule has 196 valence electrons. The summed E-state index contributed by atoms with van der Waals surface area (Å²) in [5.41, 5.74) is 2.23. The summed E-state index contributed by atoms with van der Waals surface area (Å²) in [5, 5.41) is 13.8. The van der Waals surface area contributed by atoms with Crippen molar-refractivity contribution in [3.05, 3.63) is 66.2 Å². The summed E-state index contributed by atoms with van der Waals surface area (Å²) >= 11 is 0. The van der Waals surface area contributed by atoms with Crippen LogP contribution in [-0.4, -0.2) is 55.8 Å². The van der Waals surface area contributed by atoms with Gasteiger partial charge in [-0.3, -0.25) is 10.7 Å². The number of aromatic nitrogens is 6. The van der Waals surface area contributed by atoms with Crippen molar-refractivity contribution in [2.75, 3.05) is 14.2 Å². The molecule has 3 aromatic heterocycles. The predicted molar refractivity (Wildman–Crippen MR) is 131 cm³/mol. The van der Waals surface area contributed by atoms with Crippen molar-refractivity contribution in [2.24, 2.45) is 0 Å². The van der Waals surface area contributed by atoms with E-state index in [1.165, 1.54) is 18.8 Å². The zero-order valence-corrected chi connectivity index (χ0v) is 20.5. The summed E-state index contributed by atoms with van der Waals surface area (Å²) in [6.45, 7) is 0.407. The Kier molecular flexibility index (Phi) is 6.76. The van der Waals surface area contributed by atoms with Crippen molar-refractivity contribution in [2.45, 2.75) is 31.5 Å². The van der Waals surface area contributed by atoms with Crippen LogP contribution in [0.1, 0.15) is 30.0 Å². The summed E-state index contributed by atoms with van der Waals surface area (Å²) in [7, 11) is 2.81. The molecule has 0 bridgehead atoms. The predicted octanol–water partition coefficient (Wildman–Crippen LogP) is 3.48. The quantitative estimate of drug-likeness (QED) is 0.195. The molecular formula is C25H24F3N8O2+. The second-order valence-electron chi connectivity index (χ2n) is 8.74. The zero-order valence-electron chi connectivity index (χ0n) is 20.5. The first-order valence-corrected chi connectivity index (χ1v) is 11.7. The van der Waals surface area contributed by atoms with Gasteiger partial charge in [0.15, 0.2) is 11.5 Å². The van der Waals surface area contributed by atoms with E-state index >= 15 is 0 Å². The molecule has 0 saturated heterocycles. The number of nitrogens with one attached hydrogen (secondary N) is 1. The van der Waals surface area contributed by atoms with Crippen molar-refractivity contribution in [3.63, 3.8) is 0 Å². The highest BCUT2D eigenvalue weighted by Crippen LogP contribution is 2.44. The van der Waals surface area contributed by atoms with Crippen molar-refractivity contribution < 1.29 is 28.0 Å². The van der Waals surface area contributed by atoms with Gasteiger partial charge in [0.25, 0.3) is 5.88 Å². The van der Waals surface area contributed by atoms with Gasteiger partial charge in [0.05, 0.1) is 44.1 Å². The third kappa shape index (κ3) is 5.32. The average Bonchev–Trinajstić information content (AvgIpc) is 3.69. The van der Waals surface area contributed by atoms with E-state index < -0.39 is 11.9 Å². The molecule has 10 nitrogen and oxygen atoms in total. The van der Waals surface area contributed by atoms with E-state index in [4.69, 9.17) is 19.9 Å². The van der Waals surface area contributed by atoms with E-state index in [-0.39, 0.29) is 5.88 Å². The van der Waals surface area contributed by atoms with Crippen molar-refractivity contribution in [1.29, 1.82) is 5.41 Å². The van der Waals surface area contributed by atoms with Crippen LogP contribution in [0.5, 0.6) is 5.88 Å².